The van der Waals surface area contributed by atoms with Crippen LogP contribution in [0.1, 0.15) is 12.7 Å². The van der Waals surface area contributed by atoms with Crippen molar-refractivity contribution >= 4 is 5.69 Å². The summed E-state index contributed by atoms with van der Waals surface area (Å²) in [6, 6.07) is 7.60. The van der Waals surface area contributed by atoms with Crippen LogP contribution in [0, 0.1) is 6.92 Å². The fourth-order valence-corrected chi connectivity index (χ4v) is 1.77. The maximum atomic E-state index is 11.9. The minimum absolute atomic E-state index is 0.139. The molecule has 2 N–H and O–H groups in total. The Kier molecular flexibility index (Phi) is 3.47. The predicted octanol–water partition coefficient (Wildman–Crippen LogP) is 0.816. The van der Waals surface area contributed by atoms with Crippen LogP contribution < -0.4 is 16.5 Å². The maximum absolute atomic E-state index is 11.9. The highest BCUT2D eigenvalue weighted by atomic mass is 16.2. The Morgan fingerprint density at radius 1 is 1.28 bits per heavy atom. The Balaban J connectivity index is 2.32. The van der Waals surface area contributed by atoms with E-state index in [1.807, 2.05) is 38.1 Å². The van der Waals surface area contributed by atoms with Crippen LogP contribution in [0.25, 0.3) is 5.69 Å². The standard InChI is InChI=1S/C12H17N5O/c1-4-13-14-10-5-7-11(8-6-10)17-9(2)15-16(3)12(17)18/h5-8,13-14H,4H2,1-3H3. The van der Waals surface area contributed by atoms with Crippen LogP contribution in [0.15, 0.2) is 29.1 Å². The molecule has 0 atom stereocenters. The van der Waals surface area contributed by atoms with E-state index in [0.29, 0.717) is 5.82 Å². The Labute approximate surface area is 105 Å². The fraction of sp³-hybridized carbons (Fsp3) is 0.333. The lowest BCUT2D eigenvalue weighted by molar-refractivity contribution is 0.723. The summed E-state index contributed by atoms with van der Waals surface area (Å²) in [6.45, 7) is 4.66. The number of aromatic nitrogens is 3. The van der Waals surface area contributed by atoms with E-state index in [4.69, 9.17) is 0 Å². The van der Waals surface area contributed by atoms with E-state index in [1.54, 1.807) is 11.6 Å². The molecule has 18 heavy (non-hydrogen) atoms. The third kappa shape index (κ3) is 2.28. The summed E-state index contributed by atoms with van der Waals surface area (Å²) in [7, 11) is 1.65. The molecular formula is C12H17N5O. The van der Waals surface area contributed by atoms with Gasteiger partial charge in [0.25, 0.3) is 0 Å². The quantitative estimate of drug-likeness (QED) is 0.785. The lowest BCUT2D eigenvalue weighted by atomic mass is 10.3. The summed E-state index contributed by atoms with van der Waals surface area (Å²) in [5.74, 6) is 0.676. The van der Waals surface area contributed by atoms with Gasteiger partial charge in [-0.3, -0.25) is 0 Å². The summed E-state index contributed by atoms with van der Waals surface area (Å²) in [5, 5.41) is 4.10. The average Bonchev–Trinajstić information content (AvgIpc) is 2.62. The zero-order chi connectivity index (χ0) is 13.1. The normalized spacial score (nSPS) is 10.6. The van der Waals surface area contributed by atoms with Gasteiger partial charge >= 0.3 is 5.69 Å². The second kappa shape index (κ2) is 5.05. The van der Waals surface area contributed by atoms with Gasteiger partial charge in [-0.2, -0.15) is 5.10 Å². The molecule has 0 saturated carbocycles. The van der Waals surface area contributed by atoms with Crippen molar-refractivity contribution in [1.29, 1.82) is 0 Å². The van der Waals surface area contributed by atoms with Gasteiger partial charge in [0, 0.05) is 19.3 Å². The molecular weight excluding hydrogens is 230 g/mol. The van der Waals surface area contributed by atoms with E-state index in [9.17, 15) is 4.79 Å². The lowest BCUT2D eigenvalue weighted by Crippen LogP contribution is -2.22. The minimum Gasteiger partial charge on any atom is -0.322 e. The highest BCUT2D eigenvalue weighted by molar-refractivity contribution is 5.48. The molecule has 2 aromatic rings. The smallest absolute Gasteiger partial charge is 0.322 e. The highest BCUT2D eigenvalue weighted by Crippen LogP contribution is 2.12. The van der Waals surface area contributed by atoms with Gasteiger partial charge in [-0.15, -0.1) is 0 Å². The van der Waals surface area contributed by atoms with Gasteiger partial charge in [0.2, 0.25) is 0 Å². The van der Waals surface area contributed by atoms with Crippen molar-refractivity contribution in [2.75, 3.05) is 12.0 Å². The third-order valence-corrected chi connectivity index (χ3v) is 2.62. The number of hydrogen-bond acceptors (Lipinski definition) is 4. The minimum atomic E-state index is -0.139. The zero-order valence-electron chi connectivity index (χ0n) is 10.8. The first-order valence-electron chi connectivity index (χ1n) is 5.85. The number of nitrogens with zero attached hydrogens (tertiary/aromatic N) is 3. The van der Waals surface area contributed by atoms with Crippen molar-refractivity contribution in [2.45, 2.75) is 13.8 Å². The summed E-state index contributed by atoms with van der Waals surface area (Å²) >= 11 is 0. The summed E-state index contributed by atoms with van der Waals surface area (Å²) in [5.41, 5.74) is 7.69. The second-order valence-electron chi connectivity index (χ2n) is 3.99. The monoisotopic (exact) mass is 247 g/mol. The third-order valence-electron chi connectivity index (χ3n) is 2.62. The maximum Gasteiger partial charge on any atom is 0.350 e. The van der Waals surface area contributed by atoms with Crippen molar-refractivity contribution in [1.82, 2.24) is 19.8 Å². The largest absolute Gasteiger partial charge is 0.350 e. The lowest BCUT2D eigenvalue weighted by Gasteiger charge is -2.07. The van der Waals surface area contributed by atoms with E-state index >= 15 is 0 Å². The molecule has 0 bridgehead atoms. The molecule has 1 aromatic heterocycles. The molecule has 1 aromatic carbocycles. The van der Waals surface area contributed by atoms with E-state index in [1.165, 1.54) is 4.68 Å². The first-order chi connectivity index (χ1) is 8.63. The zero-order valence-corrected chi connectivity index (χ0v) is 10.8. The Morgan fingerprint density at radius 2 is 1.94 bits per heavy atom. The first-order valence-corrected chi connectivity index (χ1v) is 5.85. The van der Waals surface area contributed by atoms with Gasteiger partial charge in [-0.05, 0) is 31.2 Å². The van der Waals surface area contributed by atoms with E-state index in [-0.39, 0.29) is 5.69 Å². The van der Waals surface area contributed by atoms with Gasteiger partial charge < -0.3 is 5.43 Å². The molecule has 6 nitrogen and oxygen atoms in total. The SMILES string of the molecule is CCNNc1ccc(-n2c(C)nn(C)c2=O)cc1. The molecule has 0 spiro atoms. The van der Waals surface area contributed by atoms with Crippen LogP contribution in [0.4, 0.5) is 5.69 Å². The van der Waals surface area contributed by atoms with E-state index < -0.39 is 0 Å². The van der Waals surface area contributed by atoms with Gasteiger partial charge in [-0.25, -0.2) is 19.5 Å². The molecule has 6 heteroatoms. The Morgan fingerprint density at radius 3 is 2.44 bits per heavy atom. The van der Waals surface area contributed by atoms with Gasteiger partial charge in [0.1, 0.15) is 5.82 Å². The summed E-state index contributed by atoms with van der Waals surface area (Å²) in [4.78, 5) is 11.9. The van der Waals surface area contributed by atoms with Crippen LogP contribution in [-0.4, -0.2) is 20.9 Å². The number of aryl methyl sites for hydroxylation is 2. The topological polar surface area (TPSA) is 63.9 Å². The molecule has 0 fully saturated rings. The molecule has 2 rings (SSSR count). The summed E-state index contributed by atoms with van der Waals surface area (Å²) < 4.78 is 2.91. The number of hydrazine groups is 1. The number of hydrogen-bond donors (Lipinski definition) is 2. The van der Waals surface area contributed by atoms with Gasteiger partial charge in [-0.1, -0.05) is 6.92 Å². The molecule has 96 valence electrons. The van der Waals surface area contributed by atoms with Crippen LogP contribution >= 0.6 is 0 Å². The predicted molar refractivity (Wildman–Crippen MR) is 70.8 cm³/mol. The van der Waals surface area contributed by atoms with Crippen molar-refractivity contribution in [3.05, 3.63) is 40.6 Å². The van der Waals surface area contributed by atoms with Crippen molar-refractivity contribution in [3.8, 4) is 5.69 Å². The molecule has 0 aliphatic heterocycles. The van der Waals surface area contributed by atoms with Crippen LogP contribution in [0.3, 0.4) is 0 Å². The van der Waals surface area contributed by atoms with Crippen molar-refractivity contribution in [2.24, 2.45) is 7.05 Å². The van der Waals surface area contributed by atoms with Crippen LogP contribution in [0.2, 0.25) is 0 Å². The molecule has 0 aliphatic carbocycles. The van der Waals surface area contributed by atoms with Gasteiger partial charge in [0.05, 0.1) is 5.69 Å². The van der Waals surface area contributed by atoms with Crippen LogP contribution in [0.5, 0.6) is 0 Å². The van der Waals surface area contributed by atoms with E-state index in [0.717, 1.165) is 17.9 Å². The molecule has 1 heterocycles. The molecule has 0 amide bonds. The first kappa shape index (κ1) is 12.4. The van der Waals surface area contributed by atoms with E-state index in [2.05, 4.69) is 16.0 Å². The molecule has 0 aliphatic rings. The van der Waals surface area contributed by atoms with Crippen molar-refractivity contribution in [3.63, 3.8) is 0 Å². The van der Waals surface area contributed by atoms with Crippen molar-refractivity contribution < 1.29 is 0 Å². The highest BCUT2D eigenvalue weighted by Gasteiger charge is 2.08. The molecule has 0 unspecified atom stereocenters. The summed E-state index contributed by atoms with van der Waals surface area (Å²) in [6.07, 6.45) is 0. The average molecular weight is 247 g/mol. The molecule has 0 saturated heterocycles. The molecule has 0 radical (unpaired) electrons. The number of nitrogens with one attached hydrogen (secondary N) is 2. The van der Waals surface area contributed by atoms with Gasteiger partial charge in [0.15, 0.2) is 0 Å². The number of anilines is 1. The fourth-order valence-electron chi connectivity index (χ4n) is 1.77. The number of rotatable bonds is 4. The second-order valence-corrected chi connectivity index (χ2v) is 3.99. The number of benzene rings is 1. The Hall–Kier alpha value is -2.08. The van der Waals surface area contributed by atoms with Crippen LogP contribution in [-0.2, 0) is 7.05 Å². The Bertz CT molecular complexity index is 582.